The van der Waals surface area contributed by atoms with Gasteiger partial charge in [0.1, 0.15) is 5.75 Å². The average molecular weight is 279 g/mol. The Morgan fingerprint density at radius 2 is 2.00 bits per heavy atom. The molecule has 0 aliphatic carbocycles. The minimum Gasteiger partial charge on any atom is -0.506 e. The van der Waals surface area contributed by atoms with Gasteiger partial charge >= 0.3 is 0 Å². The molecule has 19 heavy (non-hydrogen) atoms. The summed E-state index contributed by atoms with van der Waals surface area (Å²) in [5.41, 5.74) is 4.77. The number of pyridine rings is 1. The maximum absolute atomic E-state index is 10.00. The SMILES string of the molecule is Cc1ncsc1CNCc1c(CO)cnc(C)c1O. The van der Waals surface area contributed by atoms with Crippen molar-refractivity contribution in [3.05, 3.63) is 39.1 Å². The normalized spacial score (nSPS) is 10.9. The summed E-state index contributed by atoms with van der Waals surface area (Å²) in [7, 11) is 0. The highest BCUT2D eigenvalue weighted by molar-refractivity contribution is 7.09. The van der Waals surface area contributed by atoms with Crippen LogP contribution in [0.2, 0.25) is 0 Å². The Morgan fingerprint density at radius 3 is 2.63 bits per heavy atom. The van der Waals surface area contributed by atoms with E-state index >= 15 is 0 Å². The molecule has 5 nitrogen and oxygen atoms in total. The molecule has 2 rings (SSSR count). The summed E-state index contributed by atoms with van der Waals surface area (Å²) in [6.07, 6.45) is 1.60. The summed E-state index contributed by atoms with van der Waals surface area (Å²) in [6, 6.07) is 0. The van der Waals surface area contributed by atoms with Crippen LogP contribution in [0.25, 0.3) is 0 Å². The van der Waals surface area contributed by atoms with Crippen LogP contribution in [0, 0.1) is 13.8 Å². The van der Waals surface area contributed by atoms with Crippen LogP contribution in [0.4, 0.5) is 0 Å². The number of hydrogen-bond acceptors (Lipinski definition) is 6. The standard InChI is InChI=1S/C13H17N3O2S/c1-8-12(19-7-16-8)5-14-4-11-10(6-17)3-15-9(2)13(11)18/h3,7,14,17-18H,4-6H2,1-2H3. The van der Waals surface area contributed by atoms with Crippen LogP contribution in [-0.2, 0) is 19.7 Å². The molecule has 0 saturated heterocycles. The highest BCUT2D eigenvalue weighted by Gasteiger charge is 2.11. The number of aromatic nitrogens is 2. The Balaban J connectivity index is 2.07. The smallest absolute Gasteiger partial charge is 0.141 e. The molecule has 2 aromatic heterocycles. The lowest BCUT2D eigenvalue weighted by Gasteiger charge is -2.12. The first-order chi connectivity index (χ1) is 9.13. The molecule has 0 amide bonds. The highest BCUT2D eigenvalue weighted by Crippen LogP contribution is 2.23. The van der Waals surface area contributed by atoms with E-state index in [1.54, 1.807) is 24.5 Å². The number of rotatable bonds is 5. The number of nitrogens with zero attached hydrogens (tertiary/aromatic N) is 2. The third kappa shape index (κ3) is 3.09. The monoisotopic (exact) mass is 279 g/mol. The van der Waals surface area contributed by atoms with E-state index in [2.05, 4.69) is 15.3 Å². The molecule has 0 aromatic carbocycles. The number of aryl methyl sites for hydroxylation is 2. The molecule has 0 aliphatic rings. The minimum absolute atomic E-state index is 0.128. The Morgan fingerprint density at radius 1 is 1.21 bits per heavy atom. The zero-order valence-corrected chi connectivity index (χ0v) is 11.8. The molecule has 0 radical (unpaired) electrons. The van der Waals surface area contributed by atoms with E-state index in [4.69, 9.17) is 0 Å². The molecule has 0 bridgehead atoms. The van der Waals surface area contributed by atoms with E-state index in [9.17, 15) is 10.2 Å². The molecular weight excluding hydrogens is 262 g/mol. The first-order valence-electron chi connectivity index (χ1n) is 6.00. The molecule has 0 spiro atoms. The third-order valence-electron chi connectivity index (χ3n) is 3.03. The fourth-order valence-corrected chi connectivity index (χ4v) is 2.56. The minimum atomic E-state index is -0.128. The summed E-state index contributed by atoms with van der Waals surface area (Å²) < 4.78 is 0. The van der Waals surface area contributed by atoms with Crippen LogP contribution in [0.1, 0.15) is 27.4 Å². The lowest BCUT2D eigenvalue weighted by atomic mass is 10.1. The van der Waals surface area contributed by atoms with Gasteiger partial charge in [0, 0.05) is 35.3 Å². The van der Waals surface area contributed by atoms with Gasteiger partial charge in [-0.25, -0.2) is 4.98 Å². The fraction of sp³-hybridized carbons (Fsp3) is 0.385. The van der Waals surface area contributed by atoms with Crippen molar-refractivity contribution in [1.29, 1.82) is 0 Å². The largest absolute Gasteiger partial charge is 0.506 e. The van der Waals surface area contributed by atoms with Crippen molar-refractivity contribution < 1.29 is 10.2 Å². The number of aromatic hydroxyl groups is 1. The second-order valence-corrected chi connectivity index (χ2v) is 5.26. The van der Waals surface area contributed by atoms with Crippen LogP contribution in [0.3, 0.4) is 0 Å². The second kappa shape index (κ2) is 6.10. The predicted octanol–water partition coefficient (Wildman–Crippen LogP) is 1.64. The summed E-state index contributed by atoms with van der Waals surface area (Å²) in [5.74, 6) is 0.153. The van der Waals surface area contributed by atoms with Gasteiger partial charge in [0.05, 0.1) is 23.5 Å². The second-order valence-electron chi connectivity index (χ2n) is 4.32. The maximum atomic E-state index is 10.00. The van der Waals surface area contributed by atoms with Crippen molar-refractivity contribution in [2.24, 2.45) is 0 Å². The fourth-order valence-electron chi connectivity index (χ4n) is 1.81. The van der Waals surface area contributed by atoms with Crippen LogP contribution in [0.5, 0.6) is 5.75 Å². The van der Waals surface area contributed by atoms with E-state index in [0.717, 1.165) is 5.69 Å². The van der Waals surface area contributed by atoms with E-state index in [0.29, 0.717) is 29.9 Å². The van der Waals surface area contributed by atoms with E-state index in [1.807, 2.05) is 12.4 Å². The van der Waals surface area contributed by atoms with E-state index in [-0.39, 0.29) is 12.4 Å². The van der Waals surface area contributed by atoms with E-state index in [1.165, 1.54) is 4.88 Å². The molecular formula is C13H17N3O2S. The first-order valence-corrected chi connectivity index (χ1v) is 6.88. The van der Waals surface area contributed by atoms with Gasteiger partial charge in [0.25, 0.3) is 0 Å². The topological polar surface area (TPSA) is 78.3 Å². The molecule has 2 aromatic rings. The number of thiazole rings is 1. The molecule has 0 fully saturated rings. The van der Waals surface area contributed by atoms with Gasteiger partial charge < -0.3 is 15.5 Å². The summed E-state index contributed by atoms with van der Waals surface area (Å²) in [6.45, 7) is 4.77. The zero-order chi connectivity index (χ0) is 13.8. The molecule has 2 heterocycles. The van der Waals surface area contributed by atoms with Crippen molar-refractivity contribution in [1.82, 2.24) is 15.3 Å². The number of hydrogen-bond donors (Lipinski definition) is 3. The Kier molecular flexibility index (Phi) is 4.47. The Hall–Kier alpha value is -1.50. The van der Waals surface area contributed by atoms with Gasteiger partial charge in [-0.05, 0) is 13.8 Å². The number of nitrogens with one attached hydrogen (secondary N) is 1. The molecule has 0 unspecified atom stereocenters. The summed E-state index contributed by atoms with van der Waals surface area (Å²) in [5, 5.41) is 22.5. The van der Waals surface area contributed by atoms with Crippen LogP contribution >= 0.6 is 11.3 Å². The van der Waals surface area contributed by atoms with Crippen molar-refractivity contribution in [3.63, 3.8) is 0 Å². The van der Waals surface area contributed by atoms with Gasteiger partial charge in [-0.15, -0.1) is 11.3 Å². The first kappa shape index (κ1) is 13.9. The predicted molar refractivity (Wildman–Crippen MR) is 74.0 cm³/mol. The van der Waals surface area contributed by atoms with Crippen molar-refractivity contribution in [2.45, 2.75) is 33.5 Å². The van der Waals surface area contributed by atoms with Crippen molar-refractivity contribution >= 4 is 11.3 Å². The number of aliphatic hydroxyl groups is 1. The molecule has 102 valence electrons. The average Bonchev–Trinajstić information content (AvgIpc) is 2.80. The Labute approximate surface area is 116 Å². The summed E-state index contributed by atoms with van der Waals surface area (Å²) in [4.78, 5) is 9.40. The lowest BCUT2D eigenvalue weighted by molar-refractivity contribution is 0.278. The quantitative estimate of drug-likeness (QED) is 0.775. The van der Waals surface area contributed by atoms with Gasteiger partial charge in [0.15, 0.2) is 0 Å². The lowest BCUT2D eigenvalue weighted by Crippen LogP contribution is -2.15. The van der Waals surface area contributed by atoms with Crippen LogP contribution < -0.4 is 5.32 Å². The molecule has 0 atom stereocenters. The highest BCUT2D eigenvalue weighted by atomic mass is 32.1. The maximum Gasteiger partial charge on any atom is 0.141 e. The van der Waals surface area contributed by atoms with Gasteiger partial charge in [0.2, 0.25) is 0 Å². The zero-order valence-electron chi connectivity index (χ0n) is 11.0. The van der Waals surface area contributed by atoms with Crippen molar-refractivity contribution in [3.8, 4) is 5.75 Å². The molecule has 0 aliphatic heterocycles. The third-order valence-corrected chi connectivity index (χ3v) is 3.97. The van der Waals surface area contributed by atoms with Gasteiger partial charge in [-0.1, -0.05) is 0 Å². The van der Waals surface area contributed by atoms with E-state index < -0.39 is 0 Å². The Bertz CT molecular complexity index is 569. The molecule has 6 heteroatoms. The molecule has 0 saturated carbocycles. The number of aliphatic hydroxyl groups excluding tert-OH is 1. The van der Waals surface area contributed by atoms with Crippen LogP contribution in [-0.4, -0.2) is 20.2 Å². The van der Waals surface area contributed by atoms with Crippen molar-refractivity contribution in [2.75, 3.05) is 0 Å². The van der Waals surface area contributed by atoms with Gasteiger partial charge in [-0.3, -0.25) is 4.98 Å². The van der Waals surface area contributed by atoms with Crippen LogP contribution in [0.15, 0.2) is 11.7 Å². The molecule has 3 N–H and O–H groups in total. The van der Waals surface area contributed by atoms with Gasteiger partial charge in [-0.2, -0.15) is 0 Å². The summed E-state index contributed by atoms with van der Waals surface area (Å²) >= 11 is 1.60.